The zero-order chi connectivity index (χ0) is 10.7. The molecule has 0 aromatic rings. The summed E-state index contributed by atoms with van der Waals surface area (Å²) < 4.78 is 0. The molecule has 1 amide bonds. The number of nitrogens with zero attached hydrogens (tertiary/aromatic N) is 2. The fraction of sp³-hybridized carbons (Fsp3) is 0.909. The Morgan fingerprint density at radius 2 is 1.93 bits per heavy atom. The largest absolute Gasteiger partial charge is 0.340 e. The maximum atomic E-state index is 11.5. The van der Waals surface area contributed by atoms with Crippen molar-refractivity contribution in [2.45, 2.75) is 30.5 Å². The van der Waals surface area contributed by atoms with Crippen molar-refractivity contribution in [1.29, 1.82) is 0 Å². The lowest BCUT2D eigenvalue weighted by Gasteiger charge is -2.28. The molecule has 15 heavy (non-hydrogen) atoms. The monoisotopic (exact) mass is 274 g/mol. The van der Waals surface area contributed by atoms with Crippen LogP contribution in [-0.4, -0.2) is 53.3 Å². The van der Waals surface area contributed by atoms with Crippen LogP contribution in [0.5, 0.6) is 0 Å². The van der Waals surface area contributed by atoms with E-state index >= 15 is 0 Å². The normalized spacial score (nSPS) is 28.7. The third-order valence-electron chi connectivity index (χ3n) is 3.30. The molecular weight excluding hydrogens is 256 g/mol. The highest BCUT2D eigenvalue weighted by Crippen LogP contribution is 2.18. The Morgan fingerprint density at radius 3 is 2.53 bits per heavy atom. The first kappa shape index (κ1) is 11.4. The molecule has 2 aliphatic rings. The summed E-state index contributed by atoms with van der Waals surface area (Å²) in [5.74, 6) is 0.314. The Morgan fingerprint density at radius 1 is 1.20 bits per heavy atom. The fourth-order valence-corrected chi connectivity index (χ4v) is 3.01. The first-order valence-electron chi connectivity index (χ1n) is 5.90. The average Bonchev–Trinajstić information content (AvgIpc) is 2.56. The minimum Gasteiger partial charge on any atom is -0.340 e. The number of amides is 1. The highest BCUT2D eigenvalue weighted by atomic mass is 79.9. The molecule has 4 heteroatoms. The van der Waals surface area contributed by atoms with Crippen molar-refractivity contribution in [3.05, 3.63) is 0 Å². The molecule has 2 saturated heterocycles. The minimum absolute atomic E-state index is 0.314. The maximum absolute atomic E-state index is 11.5. The van der Waals surface area contributed by atoms with Gasteiger partial charge in [-0.3, -0.25) is 4.79 Å². The lowest BCUT2D eigenvalue weighted by molar-refractivity contribution is -0.127. The van der Waals surface area contributed by atoms with Gasteiger partial charge in [-0.05, 0) is 25.9 Å². The van der Waals surface area contributed by atoms with E-state index in [2.05, 4.69) is 20.8 Å². The average molecular weight is 275 g/mol. The number of halogens is 1. The Labute approximate surface area is 99.9 Å². The summed E-state index contributed by atoms with van der Waals surface area (Å²) in [5.41, 5.74) is 0. The molecule has 2 rings (SSSR count). The predicted octanol–water partition coefficient (Wildman–Crippen LogP) is 1.47. The second-order valence-corrected chi connectivity index (χ2v) is 5.84. The summed E-state index contributed by atoms with van der Waals surface area (Å²) >= 11 is 3.51. The summed E-state index contributed by atoms with van der Waals surface area (Å²) in [6.45, 7) is 5.32. The molecule has 2 heterocycles. The molecule has 0 spiro atoms. The molecule has 0 radical (unpaired) electrons. The molecule has 3 nitrogen and oxygen atoms in total. The van der Waals surface area contributed by atoms with Gasteiger partial charge in [0.1, 0.15) is 0 Å². The lowest BCUT2D eigenvalue weighted by Crippen LogP contribution is -2.38. The SMILES string of the molecule is O=C1CC(Br)CN1CCN1CCCCC1. The van der Waals surface area contributed by atoms with Gasteiger partial charge in [0, 0.05) is 30.9 Å². The van der Waals surface area contributed by atoms with Gasteiger partial charge < -0.3 is 9.80 Å². The molecule has 1 atom stereocenters. The van der Waals surface area contributed by atoms with Gasteiger partial charge in [-0.2, -0.15) is 0 Å². The third kappa shape index (κ3) is 3.18. The molecule has 2 aliphatic heterocycles. The summed E-state index contributed by atoms with van der Waals surface area (Å²) in [5, 5.41) is 0. The first-order chi connectivity index (χ1) is 7.25. The molecule has 0 N–H and O–H groups in total. The molecule has 1 unspecified atom stereocenters. The number of hydrogen-bond acceptors (Lipinski definition) is 2. The zero-order valence-electron chi connectivity index (χ0n) is 9.12. The van der Waals surface area contributed by atoms with Crippen molar-refractivity contribution in [2.75, 3.05) is 32.7 Å². The van der Waals surface area contributed by atoms with Crippen LogP contribution in [0.25, 0.3) is 0 Å². The standard InChI is InChI=1S/C11H19BrN2O/c12-10-8-11(15)14(9-10)7-6-13-4-2-1-3-5-13/h10H,1-9H2. The van der Waals surface area contributed by atoms with E-state index in [0.717, 1.165) is 19.6 Å². The number of alkyl halides is 1. The van der Waals surface area contributed by atoms with Crippen molar-refractivity contribution >= 4 is 21.8 Å². The maximum Gasteiger partial charge on any atom is 0.223 e. The molecule has 2 fully saturated rings. The summed E-state index contributed by atoms with van der Waals surface area (Å²) in [6, 6.07) is 0. The van der Waals surface area contributed by atoms with Crippen LogP contribution in [0.15, 0.2) is 0 Å². The fourth-order valence-electron chi connectivity index (χ4n) is 2.39. The Kier molecular flexibility index (Phi) is 4.03. The van der Waals surface area contributed by atoms with Gasteiger partial charge in [0.15, 0.2) is 0 Å². The molecule has 0 aromatic heterocycles. The van der Waals surface area contributed by atoms with E-state index in [1.807, 2.05) is 4.90 Å². The van der Waals surface area contributed by atoms with Crippen LogP contribution in [-0.2, 0) is 4.79 Å². The quantitative estimate of drug-likeness (QED) is 0.728. The second kappa shape index (κ2) is 5.30. The van der Waals surface area contributed by atoms with E-state index in [0.29, 0.717) is 17.2 Å². The van der Waals surface area contributed by atoms with Gasteiger partial charge in [-0.25, -0.2) is 0 Å². The van der Waals surface area contributed by atoms with Crippen molar-refractivity contribution < 1.29 is 4.79 Å². The topological polar surface area (TPSA) is 23.6 Å². The lowest BCUT2D eigenvalue weighted by atomic mass is 10.1. The van der Waals surface area contributed by atoms with Crippen LogP contribution in [0.3, 0.4) is 0 Å². The van der Waals surface area contributed by atoms with Crippen molar-refractivity contribution in [3.63, 3.8) is 0 Å². The summed E-state index contributed by atoms with van der Waals surface area (Å²) in [6.07, 6.45) is 4.71. The van der Waals surface area contributed by atoms with E-state index in [1.165, 1.54) is 32.4 Å². The van der Waals surface area contributed by atoms with Gasteiger partial charge in [0.05, 0.1) is 0 Å². The van der Waals surface area contributed by atoms with E-state index in [1.54, 1.807) is 0 Å². The Hall–Kier alpha value is -0.0900. The first-order valence-corrected chi connectivity index (χ1v) is 6.81. The van der Waals surface area contributed by atoms with Crippen LogP contribution < -0.4 is 0 Å². The molecule has 0 aliphatic carbocycles. The van der Waals surface area contributed by atoms with Gasteiger partial charge in [0.25, 0.3) is 0 Å². The van der Waals surface area contributed by atoms with Crippen molar-refractivity contribution in [1.82, 2.24) is 9.80 Å². The number of rotatable bonds is 3. The van der Waals surface area contributed by atoms with E-state index < -0.39 is 0 Å². The van der Waals surface area contributed by atoms with Gasteiger partial charge in [0.2, 0.25) is 5.91 Å². The van der Waals surface area contributed by atoms with E-state index in [4.69, 9.17) is 0 Å². The second-order valence-electron chi connectivity index (χ2n) is 4.54. The number of carbonyl (C=O) groups is 1. The molecule has 0 saturated carbocycles. The van der Waals surface area contributed by atoms with E-state index in [-0.39, 0.29) is 0 Å². The van der Waals surface area contributed by atoms with Gasteiger partial charge in [-0.1, -0.05) is 22.4 Å². The highest BCUT2D eigenvalue weighted by molar-refractivity contribution is 9.09. The van der Waals surface area contributed by atoms with Gasteiger partial charge >= 0.3 is 0 Å². The van der Waals surface area contributed by atoms with Crippen molar-refractivity contribution in [3.8, 4) is 0 Å². The van der Waals surface area contributed by atoms with Crippen LogP contribution in [0, 0.1) is 0 Å². The van der Waals surface area contributed by atoms with Crippen LogP contribution >= 0.6 is 15.9 Å². The van der Waals surface area contributed by atoms with Crippen molar-refractivity contribution in [2.24, 2.45) is 0 Å². The third-order valence-corrected chi connectivity index (χ3v) is 3.92. The Balaban J connectivity index is 1.70. The zero-order valence-corrected chi connectivity index (χ0v) is 10.7. The van der Waals surface area contributed by atoms with Crippen LogP contribution in [0.1, 0.15) is 25.7 Å². The Bertz CT molecular complexity index is 229. The van der Waals surface area contributed by atoms with Gasteiger partial charge in [-0.15, -0.1) is 0 Å². The molecular formula is C11H19BrN2O. The number of piperidine rings is 1. The van der Waals surface area contributed by atoms with Crippen LogP contribution in [0.2, 0.25) is 0 Å². The molecule has 86 valence electrons. The smallest absolute Gasteiger partial charge is 0.223 e. The molecule has 0 bridgehead atoms. The summed E-state index contributed by atoms with van der Waals surface area (Å²) in [7, 11) is 0. The number of hydrogen-bond donors (Lipinski definition) is 0. The molecule has 0 aromatic carbocycles. The highest BCUT2D eigenvalue weighted by Gasteiger charge is 2.27. The minimum atomic E-state index is 0.314. The van der Waals surface area contributed by atoms with E-state index in [9.17, 15) is 4.79 Å². The number of carbonyl (C=O) groups excluding carboxylic acids is 1. The predicted molar refractivity (Wildman–Crippen MR) is 64.2 cm³/mol. The van der Waals surface area contributed by atoms with Crippen LogP contribution in [0.4, 0.5) is 0 Å². The number of likely N-dealkylation sites (tertiary alicyclic amines) is 2. The summed E-state index contributed by atoms with van der Waals surface area (Å²) in [4.78, 5) is 16.4.